The Hall–Kier alpha value is -2.15. The van der Waals surface area contributed by atoms with E-state index in [1.807, 2.05) is 6.92 Å². The van der Waals surface area contributed by atoms with Crippen LogP contribution in [0.5, 0.6) is 0 Å². The number of nitro benzene ring substituents is 1. The lowest BCUT2D eigenvalue weighted by atomic mass is 9.60. The molecule has 23 heavy (non-hydrogen) atoms. The zero-order valence-electron chi connectivity index (χ0n) is 12.4. The van der Waals surface area contributed by atoms with Gasteiger partial charge in [0, 0.05) is 23.4 Å². The Morgan fingerprint density at radius 1 is 1.22 bits per heavy atom. The number of nitrogens with zero attached hydrogens (tertiary/aromatic N) is 1. The number of benzene rings is 1. The molecule has 8 heteroatoms. The van der Waals surface area contributed by atoms with Gasteiger partial charge in [-0.2, -0.15) is 0 Å². The molecule has 1 aliphatic carbocycles. The van der Waals surface area contributed by atoms with E-state index in [-0.39, 0.29) is 41.1 Å². The third-order valence-electron chi connectivity index (χ3n) is 4.94. The van der Waals surface area contributed by atoms with Crippen molar-refractivity contribution in [3.63, 3.8) is 0 Å². The SMILES string of the molecule is CC1CC(c2ccc([N+](=O)[O-])cc2)C2(CC1Cl)C(=O)NNC2=O. The van der Waals surface area contributed by atoms with Gasteiger partial charge >= 0.3 is 0 Å². The fraction of sp³-hybridized carbons (Fsp3) is 0.467. The fourth-order valence-electron chi connectivity index (χ4n) is 3.56. The first-order valence-electron chi connectivity index (χ1n) is 7.35. The van der Waals surface area contributed by atoms with Crippen molar-refractivity contribution >= 4 is 29.1 Å². The fourth-order valence-corrected chi connectivity index (χ4v) is 3.91. The number of hydrazine groups is 1. The zero-order valence-corrected chi connectivity index (χ0v) is 13.2. The van der Waals surface area contributed by atoms with Gasteiger partial charge in [0.1, 0.15) is 5.41 Å². The molecule has 3 unspecified atom stereocenters. The number of halogens is 1. The maximum atomic E-state index is 12.4. The topological polar surface area (TPSA) is 101 Å². The molecule has 3 atom stereocenters. The molecular weight excluding hydrogens is 322 g/mol. The van der Waals surface area contributed by atoms with Crippen LogP contribution in [0.25, 0.3) is 0 Å². The summed E-state index contributed by atoms with van der Waals surface area (Å²) in [6.07, 6.45) is 0.807. The lowest BCUT2D eigenvalue weighted by Gasteiger charge is -2.42. The molecule has 2 fully saturated rings. The summed E-state index contributed by atoms with van der Waals surface area (Å²) in [4.78, 5) is 35.1. The van der Waals surface area contributed by atoms with Gasteiger partial charge in [0.05, 0.1) is 4.92 Å². The Bertz CT molecular complexity index is 660. The van der Waals surface area contributed by atoms with Crippen LogP contribution < -0.4 is 10.9 Å². The molecule has 0 bridgehead atoms. The largest absolute Gasteiger partial charge is 0.272 e. The van der Waals surface area contributed by atoms with E-state index in [4.69, 9.17) is 11.6 Å². The van der Waals surface area contributed by atoms with E-state index >= 15 is 0 Å². The highest BCUT2D eigenvalue weighted by Crippen LogP contribution is 2.52. The first kappa shape index (κ1) is 15.7. The maximum Gasteiger partial charge on any atom is 0.269 e. The summed E-state index contributed by atoms with van der Waals surface area (Å²) in [5.41, 5.74) is 4.23. The minimum atomic E-state index is -1.25. The minimum Gasteiger partial charge on any atom is -0.272 e. The van der Waals surface area contributed by atoms with Crippen molar-refractivity contribution in [2.24, 2.45) is 11.3 Å². The summed E-state index contributed by atoms with van der Waals surface area (Å²) in [6, 6.07) is 6.02. The van der Waals surface area contributed by atoms with Crippen molar-refractivity contribution in [1.29, 1.82) is 0 Å². The Kier molecular flexibility index (Phi) is 3.75. The number of nitro groups is 1. The second kappa shape index (κ2) is 5.49. The van der Waals surface area contributed by atoms with E-state index in [9.17, 15) is 19.7 Å². The summed E-state index contributed by atoms with van der Waals surface area (Å²) in [5.74, 6) is -1.01. The summed E-state index contributed by atoms with van der Waals surface area (Å²) < 4.78 is 0. The Morgan fingerprint density at radius 2 is 1.78 bits per heavy atom. The van der Waals surface area contributed by atoms with Gasteiger partial charge in [0.25, 0.3) is 17.5 Å². The van der Waals surface area contributed by atoms with Gasteiger partial charge < -0.3 is 0 Å². The summed E-state index contributed by atoms with van der Waals surface area (Å²) >= 11 is 6.34. The van der Waals surface area contributed by atoms with Gasteiger partial charge in [-0.05, 0) is 24.3 Å². The Morgan fingerprint density at radius 3 is 2.30 bits per heavy atom. The van der Waals surface area contributed by atoms with E-state index in [0.29, 0.717) is 6.42 Å². The molecule has 3 rings (SSSR count). The normalized spacial score (nSPS) is 29.2. The monoisotopic (exact) mass is 337 g/mol. The van der Waals surface area contributed by atoms with Crippen molar-refractivity contribution in [3.8, 4) is 0 Å². The molecule has 0 aromatic heterocycles. The second-order valence-electron chi connectivity index (χ2n) is 6.21. The number of non-ortho nitro benzene ring substituents is 1. The number of carbonyl (C=O) groups is 2. The minimum absolute atomic E-state index is 0.0257. The smallest absolute Gasteiger partial charge is 0.269 e. The first-order chi connectivity index (χ1) is 10.9. The van der Waals surface area contributed by atoms with Crippen LogP contribution in [0.2, 0.25) is 0 Å². The molecule has 2 aliphatic rings. The van der Waals surface area contributed by atoms with Crippen LogP contribution in [0.15, 0.2) is 24.3 Å². The predicted molar refractivity (Wildman–Crippen MR) is 82.6 cm³/mol. The molecule has 1 aliphatic heterocycles. The van der Waals surface area contributed by atoms with E-state index < -0.39 is 10.3 Å². The average molecular weight is 338 g/mol. The quantitative estimate of drug-likeness (QED) is 0.372. The molecule has 1 saturated heterocycles. The van der Waals surface area contributed by atoms with Crippen LogP contribution in [0, 0.1) is 21.4 Å². The van der Waals surface area contributed by atoms with Crippen molar-refractivity contribution < 1.29 is 14.5 Å². The van der Waals surface area contributed by atoms with Crippen LogP contribution in [0.4, 0.5) is 5.69 Å². The summed E-state index contributed by atoms with van der Waals surface area (Å²) in [5, 5.41) is 10.5. The molecule has 0 radical (unpaired) electrons. The van der Waals surface area contributed by atoms with Gasteiger partial charge in [-0.3, -0.25) is 30.6 Å². The van der Waals surface area contributed by atoms with E-state index in [2.05, 4.69) is 10.9 Å². The van der Waals surface area contributed by atoms with Gasteiger partial charge in [-0.25, -0.2) is 0 Å². The average Bonchev–Trinajstić information content (AvgIpc) is 2.80. The number of nitrogens with one attached hydrogen (secondary N) is 2. The number of amides is 2. The van der Waals surface area contributed by atoms with Gasteiger partial charge in [-0.15, -0.1) is 11.6 Å². The molecule has 7 nitrogen and oxygen atoms in total. The predicted octanol–water partition coefficient (Wildman–Crippen LogP) is 1.86. The number of alkyl halides is 1. The summed E-state index contributed by atoms with van der Waals surface area (Å²) in [7, 11) is 0. The lowest BCUT2D eigenvalue weighted by Crippen LogP contribution is -2.48. The number of carbonyl (C=O) groups excluding carboxylic acids is 2. The number of rotatable bonds is 2. The number of hydrogen-bond acceptors (Lipinski definition) is 4. The standard InChI is InChI=1S/C15H16ClN3O4/c1-8-6-11(9-2-4-10(5-3-9)19(22)23)15(7-12(8)16)13(20)17-18-14(15)21/h2-5,8,11-12H,6-7H2,1H3,(H,17,20)(H,18,21). The van der Waals surface area contributed by atoms with Crippen molar-refractivity contribution in [2.45, 2.75) is 31.1 Å². The van der Waals surface area contributed by atoms with Gasteiger partial charge in [0.2, 0.25) is 0 Å². The van der Waals surface area contributed by atoms with Crippen LogP contribution in [-0.2, 0) is 9.59 Å². The molecule has 1 aromatic rings. The maximum absolute atomic E-state index is 12.4. The molecule has 1 heterocycles. The second-order valence-corrected chi connectivity index (χ2v) is 6.77. The van der Waals surface area contributed by atoms with E-state index in [0.717, 1.165) is 5.56 Å². The molecule has 1 spiro atoms. The van der Waals surface area contributed by atoms with Crippen LogP contribution in [0.3, 0.4) is 0 Å². The lowest BCUT2D eigenvalue weighted by molar-refractivity contribution is -0.384. The van der Waals surface area contributed by atoms with Crippen LogP contribution in [-0.4, -0.2) is 22.1 Å². The van der Waals surface area contributed by atoms with Gasteiger partial charge in [0.15, 0.2) is 0 Å². The molecule has 2 N–H and O–H groups in total. The van der Waals surface area contributed by atoms with Gasteiger partial charge in [-0.1, -0.05) is 19.1 Å². The van der Waals surface area contributed by atoms with E-state index in [1.165, 1.54) is 12.1 Å². The molecule has 1 aromatic carbocycles. The third kappa shape index (κ3) is 2.35. The highest BCUT2D eigenvalue weighted by molar-refractivity contribution is 6.22. The molecule has 1 saturated carbocycles. The van der Waals surface area contributed by atoms with Crippen LogP contribution >= 0.6 is 11.6 Å². The number of hydrogen-bond donors (Lipinski definition) is 2. The highest BCUT2D eigenvalue weighted by atomic mass is 35.5. The van der Waals surface area contributed by atoms with E-state index in [1.54, 1.807) is 12.1 Å². The Balaban J connectivity index is 2.04. The highest BCUT2D eigenvalue weighted by Gasteiger charge is 2.60. The third-order valence-corrected chi connectivity index (χ3v) is 5.53. The van der Waals surface area contributed by atoms with Crippen LogP contribution in [0.1, 0.15) is 31.2 Å². The Labute approximate surface area is 137 Å². The van der Waals surface area contributed by atoms with Crippen molar-refractivity contribution in [1.82, 2.24) is 10.9 Å². The molecule has 122 valence electrons. The van der Waals surface area contributed by atoms with Crippen molar-refractivity contribution in [2.75, 3.05) is 0 Å². The first-order valence-corrected chi connectivity index (χ1v) is 7.79. The summed E-state index contributed by atoms with van der Waals surface area (Å²) in [6.45, 7) is 1.98. The molecule has 2 amide bonds. The van der Waals surface area contributed by atoms with Crippen molar-refractivity contribution in [3.05, 3.63) is 39.9 Å². The zero-order chi connectivity index (χ0) is 16.8. The molecular formula is C15H16ClN3O4.